The molecule has 2 amide bonds. The number of carbonyl (C=O) groups excluding carboxylic acids is 2. The molecule has 1 aromatic carbocycles. The highest BCUT2D eigenvalue weighted by atomic mass is 35.5. The number of imidazole rings is 1. The maximum atomic E-state index is 14.2. The number of halogens is 3. The Hall–Kier alpha value is -1.98. The van der Waals surface area contributed by atoms with E-state index in [9.17, 15) is 14.0 Å². The molecule has 2 aromatic rings. The molecule has 2 fully saturated rings. The van der Waals surface area contributed by atoms with Crippen LogP contribution in [-0.2, 0) is 20.8 Å². The minimum absolute atomic E-state index is 0. The van der Waals surface area contributed by atoms with Gasteiger partial charge in [0, 0.05) is 59.0 Å². The lowest BCUT2D eigenvalue weighted by molar-refractivity contribution is -0.140. The first-order valence-electron chi connectivity index (χ1n) is 13.4. The summed E-state index contributed by atoms with van der Waals surface area (Å²) in [5.41, 5.74) is 1.22. The normalized spacial score (nSPS) is 19.5. The smallest absolute Gasteiger partial charge is 0.290 e. The number of ether oxygens (including phenoxy) is 2. The number of fused-ring (bicyclic) bond motifs is 1. The summed E-state index contributed by atoms with van der Waals surface area (Å²) < 4.78 is 26.6. The SMILES string of the molecule is COCCCCn1c(C(=O)N(CC(C)C)[C@@H]2CNC[C@H](C(=O)N3CCOCC3)C2)nc2ccc(F)cc21.Cl.Cl. The van der Waals surface area contributed by atoms with Gasteiger partial charge in [0.25, 0.3) is 5.91 Å². The van der Waals surface area contributed by atoms with Crippen LogP contribution in [0, 0.1) is 17.7 Å². The van der Waals surface area contributed by atoms with Crippen LogP contribution in [0.2, 0.25) is 0 Å². The van der Waals surface area contributed by atoms with Crippen molar-refractivity contribution >= 4 is 47.7 Å². The summed E-state index contributed by atoms with van der Waals surface area (Å²) in [4.78, 5) is 35.7. The van der Waals surface area contributed by atoms with E-state index in [1.807, 2.05) is 14.4 Å². The Morgan fingerprint density at radius 2 is 1.95 bits per heavy atom. The number of hydrogen-bond acceptors (Lipinski definition) is 6. The zero-order valence-electron chi connectivity index (χ0n) is 23.1. The number of aromatic nitrogens is 2. The minimum atomic E-state index is -0.357. The van der Waals surface area contributed by atoms with Crippen LogP contribution in [0.15, 0.2) is 18.2 Å². The largest absolute Gasteiger partial charge is 0.385 e. The van der Waals surface area contributed by atoms with Crippen LogP contribution < -0.4 is 5.32 Å². The fraction of sp³-hybridized carbons (Fsp3) is 0.667. The van der Waals surface area contributed by atoms with Crippen molar-refractivity contribution in [2.75, 3.05) is 59.7 Å². The first kappa shape index (κ1) is 33.2. The van der Waals surface area contributed by atoms with Crippen LogP contribution in [0.3, 0.4) is 0 Å². The lowest BCUT2D eigenvalue weighted by Crippen LogP contribution is -2.56. The molecule has 39 heavy (non-hydrogen) atoms. The van der Waals surface area contributed by atoms with Gasteiger partial charge in [-0.1, -0.05) is 13.8 Å². The van der Waals surface area contributed by atoms with Crippen molar-refractivity contribution < 1.29 is 23.5 Å². The van der Waals surface area contributed by atoms with Crippen molar-refractivity contribution in [3.05, 3.63) is 29.8 Å². The maximum Gasteiger partial charge on any atom is 0.290 e. The van der Waals surface area contributed by atoms with E-state index >= 15 is 0 Å². The van der Waals surface area contributed by atoms with Gasteiger partial charge in [-0.05, 0) is 43.4 Å². The Morgan fingerprint density at radius 3 is 2.64 bits per heavy atom. The third-order valence-corrected chi connectivity index (χ3v) is 7.14. The van der Waals surface area contributed by atoms with Gasteiger partial charge in [-0.25, -0.2) is 9.37 Å². The number of rotatable bonds is 10. The van der Waals surface area contributed by atoms with Gasteiger partial charge in [-0.2, -0.15) is 0 Å². The Kier molecular flexibility index (Phi) is 13.4. The third-order valence-electron chi connectivity index (χ3n) is 7.14. The van der Waals surface area contributed by atoms with E-state index in [2.05, 4.69) is 24.1 Å². The summed E-state index contributed by atoms with van der Waals surface area (Å²) in [6, 6.07) is 4.30. The fourth-order valence-electron chi connectivity index (χ4n) is 5.31. The highest BCUT2D eigenvalue weighted by molar-refractivity contribution is 5.95. The zero-order chi connectivity index (χ0) is 26.4. The fourth-order valence-corrected chi connectivity index (χ4v) is 5.31. The van der Waals surface area contributed by atoms with E-state index < -0.39 is 0 Å². The molecule has 2 aliphatic heterocycles. The lowest BCUT2D eigenvalue weighted by Gasteiger charge is -2.40. The number of hydrogen-bond donors (Lipinski definition) is 1. The molecule has 9 nitrogen and oxygen atoms in total. The molecule has 2 atom stereocenters. The van der Waals surface area contributed by atoms with Crippen LogP contribution in [0.4, 0.5) is 4.39 Å². The van der Waals surface area contributed by atoms with Crippen LogP contribution in [0.1, 0.15) is 43.7 Å². The van der Waals surface area contributed by atoms with Crippen molar-refractivity contribution in [1.29, 1.82) is 0 Å². The predicted molar refractivity (Wildman–Crippen MR) is 153 cm³/mol. The standard InChI is InChI=1S/C27H40FN5O4.2ClH/c1-19(2)18-33(22-14-20(16-29-17-22)26(34)31-9-12-37-13-10-31)27(35)25-30-23-7-6-21(28)15-24(23)32(25)8-4-5-11-36-3;;/h6-7,15,19-20,22,29H,4-5,8-14,16-18H2,1-3H3;2*1H/t20-,22+;;/m1../s1. The topological polar surface area (TPSA) is 88.9 Å². The van der Waals surface area contributed by atoms with E-state index in [-0.39, 0.29) is 60.3 Å². The number of nitrogens with one attached hydrogen (secondary N) is 1. The molecule has 0 bridgehead atoms. The number of benzene rings is 1. The molecule has 1 N–H and O–H groups in total. The number of nitrogens with zero attached hydrogens (tertiary/aromatic N) is 4. The summed E-state index contributed by atoms with van der Waals surface area (Å²) in [5, 5.41) is 3.40. The van der Waals surface area contributed by atoms with Gasteiger partial charge in [0.05, 0.1) is 30.2 Å². The van der Waals surface area contributed by atoms with E-state index in [1.54, 1.807) is 13.2 Å². The molecule has 1 aromatic heterocycles. The van der Waals surface area contributed by atoms with Gasteiger partial charge in [-0.3, -0.25) is 9.59 Å². The zero-order valence-corrected chi connectivity index (χ0v) is 24.7. The molecule has 2 aliphatic rings. The van der Waals surface area contributed by atoms with Gasteiger partial charge in [0.1, 0.15) is 5.82 Å². The van der Waals surface area contributed by atoms with Gasteiger partial charge >= 0.3 is 0 Å². The molecule has 0 saturated carbocycles. The number of carbonyl (C=O) groups is 2. The first-order valence-corrected chi connectivity index (χ1v) is 13.4. The molecule has 2 saturated heterocycles. The highest BCUT2D eigenvalue weighted by Crippen LogP contribution is 2.25. The van der Waals surface area contributed by atoms with Crippen molar-refractivity contribution in [3.63, 3.8) is 0 Å². The number of morpholine rings is 1. The van der Waals surface area contributed by atoms with Crippen LogP contribution in [0.25, 0.3) is 11.0 Å². The minimum Gasteiger partial charge on any atom is -0.385 e. The lowest BCUT2D eigenvalue weighted by atomic mass is 9.92. The molecular weight excluding hydrogens is 548 g/mol. The average Bonchev–Trinajstić information content (AvgIpc) is 3.27. The molecule has 0 unspecified atom stereocenters. The summed E-state index contributed by atoms with van der Waals surface area (Å²) >= 11 is 0. The Bertz CT molecular complexity index is 1080. The molecule has 4 rings (SSSR count). The monoisotopic (exact) mass is 589 g/mol. The van der Waals surface area contributed by atoms with Gasteiger partial charge < -0.3 is 29.2 Å². The second-order valence-electron chi connectivity index (χ2n) is 10.5. The van der Waals surface area contributed by atoms with Crippen LogP contribution >= 0.6 is 24.8 Å². The van der Waals surface area contributed by atoms with Gasteiger partial charge in [0.15, 0.2) is 5.82 Å². The van der Waals surface area contributed by atoms with E-state index in [0.717, 1.165) is 12.8 Å². The maximum absolute atomic E-state index is 14.2. The first-order chi connectivity index (χ1) is 17.9. The Morgan fingerprint density at radius 1 is 1.21 bits per heavy atom. The number of aryl methyl sites for hydroxylation is 1. The summed E-state index contributed by atoms with van der Waals surface area (Å²) in [5.74, 6) is -0.0519. The number of unbranched alkanes of at least 4 members (excludes halogenated alkanes) is 1. The molecular formula is C27H42Cl2FN5O4. The second-order valence-corrected chi connectivity index (χ2v) is 10.5. The number of methoxy groups -OCH3 is 1. The van der Waals surface area contributed by atoms with Crippen LogP contribution in [0.5, 0.6) is 0 Å². The van der Waals surface area contributed by atoms with Crippen molar-refractivity contribution in [1.82, 2.24) is 24.7 Å². The molecule has 12 heteroatoms. The van der Waals surface area contributed by atoms with Gasteiger partial charge in [-0.15, -0.1) is 24.8 Å². The summed E-state index contributed by atoms with van der Waals surface area (Å²) in [6.07, 6.45) is 2.21. The number of amides is 2. The van der Waals surface area contributed by atoms with E-state index in [4.69, 9.17) is 9.47 Å². The third kappa shape index (κ3) is 8.27. The Labute approximate surface area is 242 Å². The van der Waals surface area contributed by atoms with Crippen molar-refractivity contribution in [2.45, 2.75) is 45.7 Å². The Balaban J connectivity index is 0.00000267. The summed E-state index contributed by atoms with van der Waals surface area (Å²) in [7, 11) is 1.66. The second kappa shape index (κ2) is 15.7. The van der Waals surface area contributed by atoms with E-state index in [1.165, 1.54) is 12.1 Å². The summed E-state index contributed by atoms with van der Waals surface area (Å²) in [6.45, 7) is 9.44. The average molecular weight is 591 g/mol. The molecule has 3 heterocycles. The molecule has 0 spiro atoms. The molecule has 0 aliphatic carbocycles. The highest BCUT2D eigenvalue weighted by Gasteiger charge is 2.36. The van der Waals surface area contributed by atoms with Crippen LogP contribution in [-0.4, -0.2) is 96.9 Å². The number of piperidine rings is 1. The quantitative estimate of drug-likeness (QED) is 0.427. The van der Waals surface area contributed by atoms with Gasteiger partial charge in [0.2, 0.25) is 5.91 Å². The van der Waals surface area contributed by atoms with Crippen molar-refractivity contribution in [2.24, 2.45) is 11.8 Å². The van der Waals surface area contributed by atoms with Crippen molar-refractivity contribution in [3.8, 4) is 0 Å². The molecule has 0 radical (unpaired) electrons. The molecule has 220 valence electrons. The van der Waals surface area contributed by atoms with E-state index in [0.29, 0.717) is 82.4 Å². The predicted octanol–water partition coefficient (Wildman–Crippen LogP) is 3.38.